The molecule has 20 heavy (non-hydrogen) atoms. The summed E-state index contributed by atoms with van der Waals surface area (Å²) >= 11 is 0. The lowest BCUT2D eigenvalue weighted by atomic mass is 9.68. The molecule has 2 heteroatoms. The standard InChI is InChI=1S/C18H30N2/c1-5-9-20-10-7-14(13-20)12-19-16-17(2,3)15-6-8-18(16,4)11-15/h7,10,13,15-16,19H,5-6,8-9,11-12H2,1-4H3. The van der Waals surface area contributed by atoms with Crippen molar-refractivity contribution in [3.05, 3.63) is 24.0 Å². The van der Waals surface area contributed by atoms with E-state index >= 15 is 0 Å². The summed E-state index contributed by atoms with van der Waals surface area (Å²) in [6.45, 7) is 11.8. The summed E-state index contributed by atoms with van der Waals surface area (Å²) in [4.78, 5) is 0. The Morgan fingerprint density at radius 3 is 2.80 bits per heavy atom. The fourth-order valence-corrected chi connectivity index (χ4v) is 5.02. The molecule has 2 nitrogen and oxygen atoms in total. The van der Waals surface area contributed by atoms with Crippen molar-refractivity contribution >= 4 is 0 Å². The first-order valence-corrected chi connectivity index (χ1v) is 8.34. The fraction of sp³-hybridized carbons (Fsp3) is 0.778. The van der Waals surface area contributed by atoms with Gasteiger partial charge >= 0.3 is 0 Å². The zero-order valence-electron chi connectivity index (χ0n) is 13.6. The maximum absolute atomic E-state index is 3.90. The Balaban J connectivity index is 1.65. The number of aryl methyl sites for hydroxylation is 1. The first-order chi connectivity index (χ1) is 9.45. The van der Waals surface area contributed by atoms with E-state index in [9.17, 15) is 0 Å². The largest absolute Gasteiger partial charge is 0.354 e. The van der Waals surface area contributed by atoms with Crippen LogP contribution in [0.3, 0.4) is 0 Å². The van der Waals surface area contributed by atoms with Crippen LogP contribution in [0, 0.1) is 16.7 Å². The van der Waals surface area contributed by atoms with Crippen LogP contribution in [-0.4, -0.2) is 10.6 Å². The van der Waals surface area contributed by atoms with E-state index in [2.05, 4.69) is 56.0 Å². The molecule has 3 unspecified atom stereocenters. The van der Waals surface area contributed by atoms with Gasteiger partial charge in [0.1, 0.15) is 0 Å². The van der Waals surface area contributed by atoms with Crippen LogP contribution in [0.2, 0.25) is 0 Å². The van der Waals surface area contributed by atoms with Crippen molar-refractivity contribution in [1.82, 2.24) is 9.88 Å². The zero-order valence-corrected chi connectivity index (χ0v) is 13.6. The molecular formula is C18H30N2. The Kier molecular flexibility index (Phi) is 3.48. The second-order valence-electron chi connectivity index (χ2n) is 7.99. The molecule has 2 saturated carbocycles. The van der Waals surface area contributed by atoms with Crippen molar-refractivity contribution in [2.75, 3.05) is 0 Å². The molecule has 3 atom stereocenters. The number of rotatable bonds is 5. The van der Waals surface area contributed by atoms with Crippen molar-refractivity contribution in [3.8, 4) is 0 Å². The summed E-state index contributed by atoms with van der Waals surface area (Å²) in [6, 6.07) is 2.94. The van der Waals surface area contributed by atoms with Crippen molar-refractivity contribution in [3.63, 3.8) is 0 Å². The molecule has 0 saturated heterocycles. The van der Waals surface area contributed by atoms with Crippen LogP contribution < -0.4 is 5.32 Å². The summed E-state index contributed by atoms with van der Waals surface area (Å²) in [5.74, 6) is 0.926. The van der Waals surface area contributed by atoms with Gasteiger partial charge < -0.3 is 9.88 Å². The Labute approximate surface area is 123 Å². The first-order valence-electron chi connectivity index (χ1n) is 8.34. The summed E-state index contributed by atoms with van der Waals surface area (Å²) < 4.78 is 2.31. The Hall–Kier alpha value is -0.760. The van der Waals surface area contributed by atoms with E-state index in [1.165, 1.54) is 31.2 Å². The predicted molar refractivity (Wildman–Crippen MR) is 84.6 cm³/mol. The number of fused-ring (bicyclic) bond motifs is 2. The quantitative estimate of drug-likeness (QED) is 0.851. The number of nitrogens with zero attached hydrogens (tertiary/aromatic N) is 1. The van der Waals surface area contributed by atoms with Crippen molar-refractivity contribution in [1.29, 1.82) is 0 Å². The SMILES string of the molecule is CCCn1ccc(CNC2C3(C)CCC(C3)C2(C)C)c1. The maximum atomic E-state index is 3.90. The van der Waals surface area contributed by atoms with Crippen LogP contribution in [0.5, 0.6) is 0 Å². The molecule has 2 fully saturated rings. The second kappa shape index (κ2) is 4.91. The molecule has 2 aliphatic rings. The van der Waals surface area contributed by atoms with Gasteiger partial charge in [-0.2, -0.15) is 0 Å². The Morgan fingerprint density at radius 2 is 2.15 bits per heavy atom. The molecule has 0 aliphatic heterocycles. The average Bonchev–Trinajstić information content (AvgIpc) is 3.01. The minimum absolute atomic E-state index is 0.457. The highest BCUT2D eigenvalue weighted by Crippen LogP contribution is 2.62. The van der Waals surface area contributed by atoms with E-state index < -0.39 is 0 Å². The Bertz CT molecular complexity index is 469. The molecule has 1 N–H and O–H groups in total. The van der Waals surface area contributed by atoms with E-state index in [1.54, 1.807) is 0 Å². The Morgan fingerprint density at radius 1 is 1.35 bits per heavy atom. The van der Waals surface area contributed by atoms with E-state index in [0.29, 0.717) is 16.9 Å². The lowest BCUT2D eigenvalue weighted by molar-refractivity contribution is 0.108. The molecule has 0 amide bonds. The van der Waals surface area contributed by atoms with Gasteiger partial charge in [0, 0.05) is 31.5 Å². The summed E-state index contributed by atoms with van der Waals surface area (Å²) in [7, 11) is 0. The molecule has 0 spiro atoms. The molecular weight excluding hydrogens is 244 g/mol. The molecule has 0 radical (unpaired) electrons. The molecule has 1 aromatic heterocycles. The molecule has 2 aliphatic carbocycles. The molecule has 2 bridgehead atoms. The van der Waals surface area contributed by atoms with Crippen molar-refractivity contribution in [2.24, 2.45) is 16.7 Å². The minimum Gasteiger partial charge on any atom is -0.354 e. The smallest absolute Gasteiger partial charge is 0.0223 e. The zero-order chi connectivity index (χ0) is 14.4. The van der Waals surface area contributed by atoms with Gasteiger partial charge in [0.15, 0.2) is 0 Å². The normalized spacial score (nSPS) is 34.8. The van der Waals surface area contributed by atoms with Gasteiger partial charge in [-0.05, 0) is 54.1 Å². The summed E-state index contributed by atoms with van der Waals surface area (Å²) in [5.41, 5.74) is 2.42. The average molecular weight is 274 g/mol. The van der Waals surface area contributed by atoms with Gasteiger partial charge in [0.2, 0.25) is 0 Å². The molecule has 1 heterocycles. The van der Waals surface area contributed by atoms with Crippen molar-refractivity contribution < 1.29 is 0 Å². The van der Waals surface area contributed by atoms with Crippen LogP contribution in [0.1, 0.15) is 58.9 Å². The van der Waals surface area contributed by atoms with Crippen LogP contribution in [0.4, 0.5) is 0 Å². The van der Waals surface area contributed by atoms with Gasteiger partial charge in [-0.3, -0.25) is 0 Å². The summed E-state index contributed by atoms with van der Waals surface area (Å²) in [6.07, 6.45) is 10.0. The first kappa shape index (κ1) is 14.2. The minimum atomic E-state index is 0.457. The van der Waals surface area contributed by atoms with Crippen molar-refractivity contribution in [2.45, 2.75) is 72.5 Å². The van der Waals surface area contributed by atoms with Crippen LogP contribution in [-0.2, 0) is 13.1 Å². The maximum Gasteiger partial charge on any atom is 0.0223 e. The van der Waals surface area contributed by atoms with Gasteiger partial charge in [0.05, 0.1) is 0 Å². The highest BCUT2D eigenvalue weighted by atomic mass is 15.0. The number of hydrogen-bond donors (Lipinski definition) is 1. The fourth-order valence-electron chi connectivity index (χ4n) is 5.02. The molecule has 3 rings (SSSR count). The molecule has 112 valence electrons. The monoisotopic (exact) mass is 274 g/mol. The lowest BCUT2D eigenvalue weighted by Crippen LogP contribution is -2.49. The van der Waals surface area contributed by atoms with Gasteiger partial charge in [-0.25, -0.2) is 0 Å². The van der Waals surface area contributed by atoms with Gasteiger partial charge in [-0.1, -0.05) is 27.7 Å². The number of nitrogens with one attached hydrogen (secondary N) is 1. The number of hydrogen-bond acceptors (Lipinski definition) is 1. The molecule has 1 aromatic rings. The third-order valence-electron chi connectivity index (χ3n) is 6.07. The lowest BCUT2D eigenvalue weighted by Gasteiger charge is -2.43. The highest BCUT2D eigenvalue weighted by Gasteiger charge is 2.58. The van der Waals surface area contributed by atoms with Crippen LogP contribution in [0.15, 0.2) is 18.5 Å². The van der Waals surface area contributed by atoms with Gasteiger partial charge in [0.25, 0.3) is 0 Å². The van der Waals surface area contributed by atoms with E-state index in [1.807, 2.05) is 0 Å². The van der Waals surface area contributed by atoms with E-state index in [0.717, 1.165) is 19.0 Å². The number of aromatic nitrogens is 1. The third-order valence-corrected chi connectivity index (χ3v) is 6.07. The van der Waals surface area contributed by atoms with E-state index in [4.69, 9.17) is 0 Å². The molecule has 0 aromatic carbocycles. The summed E-state index contributed by atoms with van der Waals surface area (Å²) in [5, 5.41) is 3.90. The second-order valence-corrected chi connectivity index (χ2v) is 7.99. The highest BCUT2D eigenvalue weighted by molar-refractivity contribution is 5.15. The van der Waals surface area contributed by atoms with Crippen LogP contribution >= 0.6 is 0 Å². The van der Waals surface area contributed by atoms with Gasteiger partial charge in [-0.15, -0.1) is 0 Å². The topological polar surface area (TPSA) is 17.0 Å². The van der Waals surface area contributed by atoms with Crippen LogP contribution in [0.25, 0.3) is 0 Å². The third kappa shape index (κ3) is 2.22. The van der Waals surface area contributed by atoms with E-state index in [-0.39, 0.29) is 0 Å². The predicted octanol–water partition coefficient (Wildman–Crippen LogP) is 4.20.